The molecule has 5 rings (SSSR count). The third-order valence-electron chi connectivity index (χ3n) is 6.42. The summed E-state index contributed by atoms with van der Waals surface area (Å²) in [4.78, 5) is 31.8. The summed E-state index contributed by atoms with van der Waals surface area (Å²) in [5.74, 6) is 0.190. The average molecular weight is 371 g/mol. The number of hydrogen-bond donors (Lipinski definition) is 0. The monoisotopic (exact) mass is 371 g/mol. The quantitative estimate of drug-likeness (QED) is 0.780. The van der Waals surface area contributed by atoms with Gasteiger partial charge >= 0.3 is 0 Å². The first-order chi connectivity index (χ1) is 13.2. The summed E-state index contributed by atoms with van der Waals surface area (Å²) in [7, 11) is 0. The van der Waals surface area contributed by atoms with Crippen molar-refractivity contribution in [2.45, 2.75) is 30.7 Å². The zero-order chi connectivity index (χ0) is 18.4. The van der Waals surface area contributed by atoms with Gasteiger partial charge in [-0.3, -0.25) is 14.5 Å². The molecular formula is C20H25N3O4. The minimum absolute atomic E-state index is 0.0574. The maximum atomic E-state index is 13.0. The van der Waals surface area contributed by atoms with Gasteiger partial charge < -0.3 is 19.3 Å². The molecule has 0 unspecified atom stereocenters. The molecule has 0 aliphatic carbocycles. The van der Waals surface area contributed by atoms with Gasteiger partial charge in [-0.2, -0.15) is 0 Å². The molecule has 0 N–H and O–H groups in total. The van der Waals surface area contributed by atoms with Crippen molar-refractivity contribution in [2.75, 3.05) is 46.0 Å². The molecule has 0 aromatic heterocycles. The Bertz CT molecular complexity index is 736. The van der Waals surface area contributed by atoms with E-state index in [0.29, 0.717) is 45.8 Å². The number of benzene rings is 1. The van der Waals surface area contributed by atoms with Crippen molar-refractivity contribution >= 4 is 11.8 Å². The smallest absolute Gasteiger partial charge is 0.237 e. The summed E-state index contributed by atoms with van der Waals surface area (Å²) in [6.45, 7) is 4.47. The highest BCUT2D eigenvalue weighted by atomic mass is 16.5. The van der Waals surface area contributed by atoms with Crippen molar-refractivity contribution in [2.24, 2.45) is 0 Å². The number of hydrogen-bond acceptors (Lipinski definition) is 5. The molecule has 1 aromatic rings. The molecule has 4 heterocycles. The Labute approximate surface area is 158 Å². The lowest BCUT2D eigenvalue weighted by Gasteiger charge is -2.34. The molecule has 4 aliphatic rings. The highest BCUT2D eigenvalue weighted by Gasteiger charge is 2.65. The molecule has 0 saturated carbocycles. The molecule has 7 heteroatoms. The third-order valence-corrected chi connectivity index (χ3v) is 6.42. The first-order valence-electron chi connectivity index (χ1n) is 9.80. The lowest BCUT2D eigenvalue weighted by Crippen LogP contribution is -2.51. The number of carbonyl (C=O) groups is 2. The van der Waals surface area contributed by atoms with Gasteiger partial charge in [0.05, 0.1) is 44.9 Å². The Morgan fingerprint density at radius 3 is 2.70 bits per heavy atom. The van der Waals surface area contributed by atoms with Gasteiger partial charge in [0.25, 0.3) is 0 Å². The Morgan fingerprint density at radius 2 is 1.93 bits per heavy atom. The van der Waals surface area contributed by atoms with Crippen LogP contribution in [0.25, 0.3) is 0 Å². The summed E-state index contributed by atoms with van der Waals surface area (Å²) in [6, 6.07) is 9.82. The van der Waals surface area contributed by atoms with Gasteiger partial charge in [-0.05, 0) is 5.56 Å². The number of amides is 2. The van der Waals surface area contributed by atoms with Crippen molar-refractivity contribution < 1.29 is 19.1 Å². The van der Waals surface area contributed by atoms with Gasteiger partial charge in [-0.1, -0.05) is 30.3 Å². The molecule has 0 bridgehead atoms. The number of morpholine rings is 1. The van der Waals surface area contributed by atoms with Crippen LogP contribution in [0.15, 0.2) is 30.3 Å². The van der Waals surface area contributed by atoms with E-state index in [2.05, 4.69) is 4.90 Å². The number of rotatable bonds is 3. The molecule has 27 heavy (non-hydrogen) atoms. The van der Waals surface area contributed by atoms with Gasteiger partial charge in [-0.15, -0.1) is 0 Å². The Balaban J connectivity index is 1.35. The van der Waals surface area contributed by atoms with Crippen molar-refractivity contribution in [1.82, 2.24) is 14.7 Å². The average Bonchev–Trinajstić information content (AvgIpc) is 3.32. The van der Waals surface area contributed by atoms with E-state index in [1.54, 1.807) is 0 Å². The number of nitrogens with zero attached hydrogens (tertiary/aromatic N) is 3. The number of carbonyl (C=O) groups excluding carboxylic acids is 2. The molecule has 4 aliphatic heterocycles. The molecular weight excluding hydrogens is 346 g/mol. The van der Waals surface area contributed by atoms with E-state index in [0.717, 1.165) is 18.7 Å². The van der Waals surface area contributed by atoms with E-state index < -0.39 is 5.72 Å². The van der Waals surface area contributed by atoms with E-state index in [1.165, 1.54) is 0 Å². The highest BCUT2D eigenvalue weighted by Crippen LogP contribution is 2.51. The summed E-state index contributed by atoms with van der Waals surface area (Å²) >= 11 is 0. The van der Waals surface area contributed by atoms with Gasteiger partial charge in [0, 0.05) is 26.1 Å². The Hall–Kier alpha value is -1.96. The van der Waals surface area contributed by atoms with Crippen molar-refractivity contribution in [3.63, 3.8) is 0 Å². The first-order valence-corrected chi connectivity index (χ1v) is 9.80. The molecule has 7 nitrogen and oxygen atoms in total. The second-order valence-electron chi connectivity index (χ2n) is 7.79. The van der Waals surface area contributed by atoms with Crippen LogP contribution in [0.5, 0.6) is 0 Å². The fourth-order valence-corrected chi connectivity index (χ4v) is 5.11. The first kappa shape index (κ1) is 17.2. The summed E-state index contributed by atoms with van der Waals surface area (Å²) in [6.07, 6.45) is 1.06. The van der Waals surface area contributed by atoms with E-state index in [1.807, 2.05) is 40.1 Å². The van der Waals surface area contributed by atoms with Crippen LogP contribution in [0.3, 0.4) is 0 Å². The van der Waals surface area contributed by atoms with Crippen molar-refractivity contribution in [1.29, 1.82) is 0 Å². The van der Waals surface area contributed by atoms with Gasteiger partial charge in [0.15, 0.2) is 5.72 Å². The van der Waals surface area contributed by atoms with Gasteiger partial charge in [-0.25, -0.2) is 0 Å². The molecule has 1 spiro atoms. The maximum absolute atomic E-state index is 13.0. The predicted octanol–water partition coefficient (Wildman–Crippen LogP) is 0.620. The summed E-state index contributed by atoms with van der Waals surface area (Å²) in [5.41, 5.74) is 0.458. The Kier molecular flexibility index (Phi) is 4.18. The maximum Gasteiger partial charge on any atom is 0.237 e. The summed E-state index contributed by atoms with van der Waals surface area (Å²) < 4.78 is 11.6. The molecule has 1 aromatic carbocycles. The highest BCUT2D eigenvalue weighted by molar-refractivity contribution is 5.85. The minimum atomic E-state index is -0.641. The van der Waals surface area contributed by atoms with Crippen LogP contribution in [0.4, 0.5) is 0 Å². The second-order valence-corrected chi connectivity index (χ2v) is 7.79. The van der Waals surface area contributed by atoms with E-state index in [9.17, 15) is 9.59 Å². The van der Waals surface area contributed by atoms with E-state index in [-0.39, 0.29) is 23.9 Å². The standard InChI is InChI=1S/C20H25N3O4/c24-18-12-17-20(23(18)16(14-27-20)15-4-2-1-3-5-15)6-7-22(17)19(25)13-21-8-10-26-11-9-21/h1-5,16-17H,6-14H2/t16-,17+,20-/m0/s1. The van der Waals surface area contributed by atoms with Crippen LogP contribution in [0, 0.1) is 0 Å². The molecule has 4 fully saturated rings. The lowest BCUT2D eigenvalue weighted by atomic mass is 10.0. The van der Waals surface area contributed by atoms with Crippen molar-refractivity contribution in [3.8, 4) is 0 Å². The SMILES string of the molecule is O=C(CN1CCOCC1)N1CC[C@@]23OC[C@@H](c4ccccc4)N2C(=O)C[C@@H]13. The second kappa shape index (κ2) is 6.58. The van der Waals surface area contributed by atoms with E-state index in [4.69, 9.17) is 9.47 Å². The fraction of sp³-hybridized carbons (Fsp3) is 0.600. The largest absolute Gasteiger partial charge is 0.379 e. The van der Waals surface area contributed by atoms with Crippen LogP contribution in [0.2, 0.25) is 0 Å². The van der Waals surface area contributed by atoms with Crippen LogP contribution < -0.4 is 0 Å². The third kappa shape index (κ3) is 2.68. The van der Waals surface area contributed by atoms with Crippen molar-refractivity contribution in [3.05, 3.63) is 35.9 Å². The lowest BCUT2D eigenvalue weighted by molar-refractivity contribution is -0.142. The summed E-state index contributed by atoms with van der Waals surface area (Å²) in [5, 5.41) is 0. The minimum Gasteiger partial charge on any atom is -0.379 e. The molecule has 3 atom stereocenters. The van der Waals surface area contributed by atoms with Crippen LogP contribution >= 0.6 is 0 Å². The number of likely N-dealkylation sites (tertiary alicyclic amines) is 1. The topological polar surface area (TPSA) is 62.3 Å². The molecule has 144 valence electrons. The zero-order valence-corrected chi connectivity index (χ0v) is 15.4. The Morgan fingerprint density at radius 1 is 1.15 bits per heavy atom. The molecule has 2 amide bonds. The molecule has 4 saturated heterocycles. The van der Waals surface area contributed by atoms with Crippen LogP contribution in [0.1, 0.15) is 24.4 Å². The van der Waals surface area contributed by atoms with Crippen LogP contribution in [-0.2, 0) is 19.1 Å². The fourth-order valence-electron chi connectivity index (χ4n) is 5.11. The predicted molar refractivity (Wildman–Crippen MR) is 96.7 cm³/mol. The molecule has 0 radical (unpaired) electrons. The number of ether oxygens (including phenoxy) is 2. The normalized spacial score (nSPS) is 33.4. The van der Waals surface area contributed by atoms with Gasteiger partial charge in [0.2, 0.25) is 11.8 Å². The van der Waals surface area contributed by atoms with Gasteiger partial charge in [0.1, 0.15) is 0 Å². The van der Waals surface area contributed by atoms with Crippen LogP contribution in [-0.4, -0.2) is 84.3 Å². The van der Waals surface area contributed by atoms with E-state index >= 15 is 0 Å². The zero-order valence-electron chi connectivity index (χ0n) is 15.4.